The predicted octanol–water partition coefficient (Wildman–Crippen LogP) is 1.70. The third-order valence-electron chi connectivity index (χ3n) is 2.42. The number of aromatic nitrogens is 1. The molecule has 1 heterocycles. The van der Waals surface area contributed by atoms with Crippen LogP contribution in [-0.2, 0) is 10.0 Å². The van der Waals surface area contributed by atoms with Crippen LogP contribution in [0, 0.1) is 6.92 Å². The van der Waals surface area contributed by atoms with Crippen LogP contribution in [0.1, 0.15) is 11.1 Å². The highest BCUT2D eigenvalue weighted by Crippen LogP contribution is 2.09. The molecule has 2 aromatic rings. The minimum atomic E-state index is -3.61. The smallest absolute Gasteiger partial charge is 0.265 e. The van der Waals surface area contributed by atoms with Gasteiger partial charge in [-0.15, -0.1) is 0 Å². The molecular formula is C13H13N3O2S. The van der Waals surface area contributed by atoms with Crippen LogP contribution in [0.25, 0.3) is 0 Å². The van der Waals surface area contributed by atoms with Crippen molar-refractivity contribution >= 4 is 16.2 Å². The highest BCUT2D eigenvalue weighted by molar-refractivity contribution is 7.89. The van der Waals surface area contributed by atoms with E-state index in [1.807, 2.05) is 6.92 Å². The molecule has 0 atom stereocenters. The van der Waals surface area contributed by atoms with Gasteiger partial charge in [0.2, 0.25) is 0 Å². The van der Waals surface area contributed by atoms with Crippen LogP contribution in [0.3, 0.4) is 0 Å². The molecule has 0 unspecified atom stereocenters. The van der Waals surface area contributed by atoms with E-state index in [4.69, 9.17) is 0 Å². The van der Waals surface area contributed by atoms with E-state index < -0.39 is 10.0 Å². The van der Waals surface area contributed by atoms with Gasteiger partial charge >= 0.3 is 0 Å². The second-order valence-electron chi connectivity index (χ2n) is 3.95. The first kappa shape index (κ1) is 13.2. The Kier molecular flexibility index (Phi) is 3.91. The Hall–Kier alpha value is -2.21. The molecule has 98 valence electrons. The van der Waals surface area contributed by atoms with Crippen molar-refractivity contribution in [3.63, 3.8) is 0 Å². The second kappa shape index (κ2) is 5.62. The van der Waals surface area contributed by atoms with Gasteiger partial charge < -0.3 is 0 Å². The first-order chi connectivity index (χ1) is 9.08. The summed E-state index contributed by atoms with van der Waals surface area (Å²) in [5.74, 6) is 0. The van der Waals surface area contributed by atoms with E-state index in [9.17, 15) is 8.42 Å². The van der Waals surface area contributed by atoms with Crippen molar-refractivity contribution < 1.29 is 8.42 Å². The zero-order valence-electron chi connectivity index (χ0n) is 10.3. The van der Waals surface area contributed by atoms with E-state index in [2.05, 4.69) is 14.9 Å². The summed E-state index contributed by atoms with van der Waals surface area (Å²) in [6.45, 7) is 1.89. The number of hydrazone groups is 1. The summed E-state index contributed by atoms with van der Waals surface area (Å²) in [5, 5.41) is 3.72. The van der Waals surface area contributed by atoms with Gasteiger partial charge in [0.25, 0.3) is 10.0 Å². The maximum absolute atomic E-state index is 11.9. The molecule has 2 rings (SSSR count). The average molecular weight is 275 g/mol. The lowest BCUT2D eigenvalue weighted by Gasteiger charge is -2.03. The van der Waals surface area contributed by atoms with Crippen molar-refractivity contribution in [3.05, 3.63) is 59.9 Å². The van der Waals surface area contributed by atoms with Crippen molar-refractivity contribution in [1.82, 2.24) is 9.82 Å². The van der Waals surface area contributed by atoms with Crippen LogP contribution in [-0.4, -0.2) is 19.6 Å². The monoisotopic (exact) mass is 275 g/mol. The van der Waals surface area contributed by atoms with Crippen LogP contribution in [0.2, 0.25) is 0 Å². The van der Waals surface area contributed by atoms with Crippen molar-refractivity contribution in [2.75, 3.05) is 0 Å². The quantitative estimate of drug-likeness (QED) is 0.682. The Labute approximate surface area is 112 Å². The highest BCUT2D eigenvalue weighted by atomic mass is 32.2. The van der Waals surface area contributed by atoms with E-state index in [1.165, 1.54) is 6.21 Å². The summed E-state index contributed by atoms with van der Waals surface area (Å²) < 4.78 is 23.8. The molecule has 6 heteroatoms. The Bertz CT molecular complexity index is 665. The van der Waals surface area contributed by atoms with Gasteiger partial charge in [0.1, 0.15) is 0 Å². The van der Waals surface area contributed by atoms with Gasteiger partial charge in [0.15, 0.2) is 0 Å². The van der Waals surface area contributed by atoms with Crippen LogP contribution in [0.5, 0.6) is 0 Å². The number of sulfonamides is 1. The molecule has 0 saturated carbocycles. The Morgan fingerprint density at radius 3 is 2.37 bits per heavy atom. The van der Waals surface area contributed by atoms with Gasteiger partial charge in [-0.25, -0.2) is 4.83 Å². The van der Waals surface area contributed by atoms with Crippen LogP contribution < -0.4 is 4.83 Å². The number of benzene rings is 1. The van der Waals surface area contributed by atoms with Gasteiger partial charge in [0, 0.05) is 12.4 Å². The average Bonchev–Trinajstić information content (AvgIpc) is 2.40. The molecule has 0 spiro atoms. The van der Waals surface area contributed by atoms with Crippen molar-refractivity contribution in [2.24, 2.45) is 5.10 Å². The van der Waals surface area contributed by atoms with Crippen molar-refractivity contribution in [1.29, 1.82) is 0 Å². The topological polar surface area (TPSA) is 71.4 Å². The number of nitrogens with one attached hydrogen (secondary N) is 1. The molecule has 1 aromatic carbocycles. The molecule has 0 aliphatic heterocycles. The van der Waals surface area contributed by atoms with Gasteiger partial charge in [-0.1, -0.05) is 17.7 Å². The maximum atomic E-state index is 11.9. The summed E-state index contributed by atoms with van der Waals surface area (Å²) in [7, 11) is -3.61. The lowest BCUT2D eigenvalue weighted by molar-refractivity contribution is 0.584. The van der Waals surface area contributed by atoms with Gasteiger partial charge in [-0.2, -0.15) is 13.5 Å². The number of nitrogens with zero attached hydrogens (tertiary/aromatic N) is 2. The number of pyridine rings is 1. The molecule has 0 fully saturated rings. The molecule has 0 aliphatic carbocycles. The molecule has 0 aliphatic rings. The molecule has 0 bridgehead atoms. The molecule has 19 heavy (non-hydrogen) atoms. The van der Waals surface area contributed by atoms with E-state index in [-0.39, 0.29) is 4.90 Å². The fourth-order valence-corrected chi connectivity index (χ4v) is 2.18. The summed E-state index contributed by atoms with van der Waals surface area (Å²) in [4.78, 5) is 6.21. The zero-order valence-corrected chi connectivity index (χ0v) is 11.1. The van der Waals surface area contributed by atoms with Gasteiger partial charge in [-0.05, 0) is 36.8 Å². The third-order valence-corrected chi connectivity index (χ3v) is 3.66. The molecule has 0 radical (unpaired) electrons. The minimum Gasteiger partial charge on any atom is -0.265 e. The summed E-state index contributed by atoms with van der Waals surface area (Å²) in [6.07, 6.45) is 4.64. The number of hydrogen-bond acceptors (Lipinski definition) is 4. The van der Waals surface area contributed by atoms with Gasteiger partial charge in [0.05, 0.1) is 11.1 Å². The molecule has 5 nitrogen and oxygen atoms in total. The van der Waals surface area contributed by atoms with E-state index in [0.717, 1.165) is 11.1 Å². The molecule has 1 aromatic heterocycles. The second-order valence-corrected chi connectivity index (χ2v) is 5.61. The molecular weight excluding hydrogens is 262 g/mol. The SMILES string of the molecule is Cc1ccc(S(=O)(=O)N/N=C\c2ccncc2)cc1. The number of rotatable bonds is 4. The Balaban J connectivity index is 2.10. The first-order valence-corrected chi connectivity index (χ1v) is 7.08. The van der Waals surface area contributed by atoms with Gasteiger partial charge in [-0.3, -0.25) is 4.98 Å². The molecule has 0 amide bonds. The van der Waals surface area contributed by atoms with Crippen molar-refractivity contribution in [3.8, 4) is 0 Å². The fourth-order valence-electron chi connectivity index (χ4n) is 1.39. The van der Waals surface area contributed by atoms with Crippen LogP contribution >= 0.6 is 0 Å². The predicted molar refractivity (Wildman–Crippen MR) is 73.3 cm³/mol. The lowest BCUT2D eigenvalue weighted by Crippen LogP contribution is -2.18. The van der Waals surface area contributed by atoms with E-state index in [1.54, 1.807) is 48.8 Å². The van der Waals surface area contributed by atoms with Crippen LogP contribution in [0.15, 0.2) is 58.8 Å². The standard InChI is InChI=1S/C13H13N3O2S/c1-11-2-4-13(5-3-11)19(17,18)16-15-10-12-6-8-14-9-7-12/h2-10,16H,1H3/b15-10-. The van der Waals surface area contributed by atoms with Crippen LogP contribution in [0.4, 0.5) is 0 Å². The Morgan fingerprint density at radius 1 is 1.11 bits per heavy atom. The molecule has 0 saturated heterocycles. The molecule has 1 N–H and O–H groups in total. The summed E-state index contributed by atoms with van der Waals surface area (Å²) in [6, 6.07) is 10.0. The lowest BCUT2D eigenvalue weighted by atomic mass is 10.2. The Morgan fingerprint density at radius 2 is 1.74 bits per heavy atom. The minimum absolute atomic E-state index is 0.185. The van der Waals surface area contributed by atoms with E-state index >= 15 is 0 Å². The van der Waals surface area contributed by atoms with Crippen molar-refractivity contribution in [2.45, 2.75) is 11.8 Å². The number of hydrogen-bond donors (Lipinski definition) is 1. The third kappa shape index (κ3) is 3.62. The first-order valence-electron chi connectivity index (χ1n) is 5.59. The largest absolute Gasteiger partial charge is 0.276 e. The van der Waals surface area contributed by atoms with E-state index in [0.29, 0.717) is 0 Å². The zero-order chi connectivity index (χ0) is 13.7. The summed E-state index contributed by atoms with van der Waals surface area (Å²) in [5.41, 5.74) is 1.76. The number of aryl methyl sites for hydroxylation is 1. The maximum Gasteiger partial charge on any atom is 0.276 e. The highest BCUT2D eigenvalue weighted by Gasteiger charge is 2.11. The summed E-state index contributed by atoms with van der Waals surface area (Å²) >= 11 is 0. The fraction of sp³-hybridized carbons (Fsp3) is 0.0769. The normalized spacial score (nSPS) is 11.6.